The Balaban J connectivity index is 0.000000240. The molecule has 4 aromatic carbocycles. The Morgan fingerprint density at radius 2 is 0.947 bits per heavy atom. The van der Waals surface area contributed by atoms with E-state index in [9.17, 15) is 15.3 Å². The van der Waals surface area contributed by atoms with E-state index >= 15 is 0 Å². The molecule has 0 unspecified atom stereocenters. The Kier molecular flexibility index (Phi) is 18.8. The molecule has 0 bridgehead atoms. The summed E-state index contributed by atoms with van der Waals surface area (Å²) in [4.78, 5) is 31.1. The number of aliphatic hydroxyl groups is 3. The standard InChI is InChI=1S/2C26H25N5O5S.B.Na.H/c1-33-17-7-5-6-15(8-17)24-29-25(19-11-18(13-32)37-26(19)30-24)28-22-12-31(14-27-22)16-9-20(34-2)23(36-4)21(10-16)35-3;1-34-20-8-17(9-21(35-2)23(20)36-3)31-11-22(27-14-31)28-25-19-10-18(13-33)37-26(19)30-24(29-25)16-6-4-5-15(7-16)12-32;;;/h5-12,14,32H,13H2,1-4H3,(H,28,29,30);4-11,14,32-33H,12-13H2,1-3H3,(H,28,29,30);;;/q;;;+1;-1. The number of hydrogen-bond donors (Lipinski definition) is 5. The van der Waals surface area contributed by atoms with Gasteiger partial charge in [0.25, 0.3) is 0 Å². The number of hydrogen-bond acceptors (Lipinski definition) is 20. The molecule has 10 aromatic rings. The molecule has 76 heavy (non-hydrogen) atoms. The maximum Gasteiger partial charge on any atom is 1.00 e. The molecule has 24 heteroatoms. The van der Waals surface area contributed by atoms with Gasteiger partial charge in [-0.1, -0.05) is 30.3 Å². The van der Waals surface area contributed by atoms with Crippen LogP contribution in [0.25, 0.3) is 54.6 Å². The summed E-state index contributed by atoms with van der Waals surface area (Å²) in [7, 11) is 11.0. The molecule has 0 amide bonds. The molecule has 10 rings (SSSR count). The van der Waals surface area contributed by atoms with Crippen molar-refractivity contribution in [3.63, 3.8) is 0 Å². The molecule has 0 aliphatic rings. The SMILES string of the molecule is COc1cc(-n2cnc(Nc3nc(-c4cccc(CO)c4)nc4sc(CO)cc34)c2)cc(OC)c1OC.COc1cccc(-c2nc(Nc3cn(-c4cc(OC)c(OC)c(OC)c4)cn3)c3cc(CO)sc3n2)c1.[B].[H-].[Na+]. The van der Waals surface area contributed by atoms with Crippen LogP contribution in [-0.2, 0) is 19.8 Å². The number of rotatable bonds is 18. The Bertz CT molecular complexity index is 3340. The molecule has 6 heterocycles. The van der Waals surface area contributed by atoms with Gasteiger partial charge in [0.05, 0.1) is 104 Å². The van der Waals surface area contributed by atoms with Gasteiger partial charge in [0, 0.05) is 53.6 Å². The summed E-state index contributed by atoms with van der Waals surface area (Å²) in [5.74, 6) is 7.15. The maximum atomic E-state index is 9.71. The summed E-state index contributed by atoms with van der Waals surface area (Å²) in [6, 6.07) is 26.1. The quantitative estimate of drug-likeness (QED) is 0.0634. The Labute approximate surface area is 470 Å². The van der Waals surface area contributed by atoms with E-state index in [1.54, 1.807) is 62.4 Å². The van der Waals surface area contributed by atoms with Crippen molar-refractivity contribution in [2.45, 2.75) is 19.8 Å². The van der Waals surface area contributed by atoms with Crippen LogP contribution in [0.15, 0.2) is 110 Å². The van der Waals surface area contributed by atoms with Gasteiger partial charge in [-0.05, 0) is 35.9 Å². The van der Waals surface area contributed by atoms with Gasteiger partial charge in [0.15, 0.2) is 34.6 Å². The summed E-state index contributed by atoms with van der Waals surface area (Å²) in [6.07, 6.45) is 7.00. The minimum absolute atomic E-state index is 0. The maximum absolute atomic E-state index is 9.71. The van der Waals surface area contributed by atoms with E-state index in [1.807, 2.05) is 106 Å². The van der Waals surface area contributed by atoms with Crippen LogP contribution in [0.1, 0.15) is 16.7 Å². The van der Waals surface area contributed by atoms with Crippen molar-refractivity contribution >= 4 is 74.8 Å². The molecule has 0 fully saturated rings. The first-order chi connectivity index (χ1) is 36.1. The molecule has 385 valence electrons. The van der Waals surface area contributed by atoms with E-state index < -0.39 is 0 Å². The van der Waals surface area contributed by atoms with Crippen LogP contribution < -0.4 is 73.3 Å². The molecule has 5 N–H and O–H groups in total. The molecule has 0 aliphatic heterocycles. The minimum atomic E-state index is -0.0917. The molecule has 0 saturated carbocycles. The number of imidazole rings is 2. The van der Waals surface area contributed by atoms with E-state index in [0.717, 1.165) is 58.3 Å². The zero-order valence-electron chi connectivity index (χ0n) is 43.7. The fourth-order valence-electron chi connectivity index (χ4n) is 7.85. The average molecular weight is 1070 g/mol. The van der Waals surface area contributed by atoms with Gasteiger partial charge < -0.3 is 69.7 Å². The van der Waals surface area contributed by atoms with Crippen molar-refractivity contribution in [3.8, 4) is 74.4 Å². The summed E-state index contributed by atoms with van der Waals surface area (Å²) >= 11 is 2.82. The molecule has 20 nitrogen and oxygen atoms in total. The van der Waals surface area contributed by atoms with Crippen molar-refractivity contribution in [2.75, 3.05) is 60.4 Å². The Hall–Kier alpha value is -7.48. The van der Waals surface area contributed by atoms with Crippen LogP contribution >= 0.6 is 22.7 Å². The fraction of sp³-hybridized carbons (Fsp3) is 0.192. The number of nitrogens with zero attached hydrogens (tertiary/aromatic N) is 8. The molecule has 0 spiro atoms. The minimum Gasteiger partial charge on any atom is -1.00 e. The van der Waals surface area contributed by atoms with E-state index in [4.69, 9.17) is 53.1 Å². The molecule has 0 saturated heterocycles. The number of aliphatic hydroxyl groups excluding tert-OH is 3. The van der Waals surface area contributed by atoms with Crippen LogP contribution in [0.2, 0.25) is 0 Å². The monoisotopic (exact) mass is 1070 g/mol. The van der Waals surface area contributed by atoms with Crippen LogP contribution in [0, 0.1) is 0 Å². The second-order valence-corrected chi connectivity index (χ2v) is 18.1. The topological polar surface area (TPSA) is 237 Å². The molecule has 0 atom stereocenters. The van der Waals surface area contributed by atoms with Gasteiger partial charge in [0.1, 0.15) is 51.3 Å². The van der Waals surface area contributed by atoms with E-state index in [-0.39, 0.29) is 59.2 Å². The second-order valence-electron chi connectivity index (χ2n) is 15.9. The number of fused-ring (bicyclic) bond motifs is 2. The third-order valence-electron chi connectivity index (χ3n) is 11.4. The molecule has 6 aromatic heterocycles. The number of methoxy groups -OCH3 is 7. The predicted octanol–water partition coefficient (Wildman–Crippen LogP) is 5.85. The second kappa shape index (κ2) is 25.4. The third kappa shape index (κ3) is 12.0. The van der Waals surface area contributed by atoms with Crippen molar-refractivity contribution in [1.82, 2.24) is 39.0 Å². The fourth-order valence-corrected chi connectivity index (χ4v) is 9.63. The third-order valence-corrected chi connectivity index (χ3v) is 13.5. The number of anilines is 4. The number of aromatic nitrogens is 8. The van der Waals surface area contributed by atoms with Crippen molar-refractivity contribution in [2.24, 2.45) is 0 Å². The van der Waals surface area contributed by atoms with Gasteiger partial charge >= 0.3 is 29.6 Å². The first kappa shape index (κ1) is 56.3. The molecular weight excluding hydrogens is 1020 g/mol. The van der Waals surface area contributed by atoms with Crippen molar-refractivity contribution in [1.29, 1.82) is 0 Å². The summed E-state index contributed by atoms with van der Waals surface area (Å²) in [6.45, 7) is -0.247. The first-order valence-corrected chi connectivity index (χ1v) is 24.2. The van der Waals surface area contributed by atoms with Gasteiger partial charge in [-0.25, -0.2) is 29.9 Å². The van der Waals surface area contributed by atoms with E-state index in [0.29, 0.717) is 75.2 Å². The Morgan fingerprint density at radius 1 is 0.513 bits per heavy atom. The Morgan fingerprint density at radius 3 is 1.34 bits per heavy atom. The normalized spacial score (nSPS) is 10.7. The van der Waals surface area contributed by atoms with Crippen LogP contribution in [0.5, 0.6) is 40.2 Å². The summed E-state index contributed by atoms with van der Waals surface area (Å²) in [5, 5.41) is 37.1. The van der Waals surface area contributed by atoms with Crippen molar-refractivity contribution < 1.29 is 79.5 Å². The molecule has 3 radical (unpaired) electrons. The van der Waals surface area contributed by atoms with Gasteiger partial charge in [0.2, 0.25) is 11.5 Å². The number of benzene rings is 4. The van der Waals surface area contributed by atoms with Gasteiger partial charge in [-0.2, -0.15) is 0 Å². The number of thiophene rings is 2. The first-order valence-electron chi connectivity index (χ1n) is 22.5. The molecule has 0 aliphatic carbocycles. The van der Waals surface area contributed by atoms with Crippen LogP contribution in [0.4, 0.5) is 23.3 Å². The zero-order chi connectivity index (χ0) is 51.9. The van der Waals surface area contributed by atoms with Crippen LogP contribution in [-0.4, -0.2) is 113 Å². The van der Waals surface area contributed by atoms with E-state index in [2.05, 4.69) is 20.6 Å². The average Bonchev–Trinajstić information content (AvgIpc) is 4.30. The number of ether oxygens (including phenoxy) is 7. The largest absolute Gasteiger partial charge is 1.00 e. The zero-order valence-corrected chi connectivity index (χ0v) is 46.3. The van der Waals surface area contributed by atoms with Gasteiger partial charge in [-0.3, -0.25) is 0 Å². The molecular formula is C52H51BN10NaO10S2. The van der Waals surface area contributed by atoms with E-state index in [1.165, 1.54) is 22.7 Å². The van der Waals surface area contributed by atoms with Crippen LogP contribution in [0.3, 0.4) is 0 Å². The summed E-state index contributed by atoms with van der Waals surface area (Å²) in [5.41, 5.74) is 3.90. The van der Waals surface area contributed by atoms with Gasteiger partial charge in [-0.15, -0.1) is 22.7 Å². The summed E-state index contributed by atoms with van der Waals surface area (Å²) < 4.78 is 41.8. The van der Waals surface area contributed by atoms with Crippen molar-refractivity contribution in [3.05, 3.63) is 125 Å². The smallest absolute Gasteiger partial charge is 1.00 e. The predicted molar refractivity (Wildman–Crippen MR) is 290 cm³/mol. The number of nitrogens with one attached hydrogen (secondary N) is 2.